The van der Waals surface area contributed by atoms with Crippen LogP contribution in [-0.4, -0.2) is 24.0 Å². The Balaban J connectivity index is 1.98. The average Bonchev–Trinajstić information content (AvgIpc) is 2.54. The topological polar surface area (TPSA) is 68.3 Å². The van der Waals surface area contributed by atoms with E-state index in [2.05, 4.69) is 15.0 Å². The van der Waals surface area contributed by atoms with E-state index in [1.807, 2.05) is 18.2 Å². The van der Waals surface area contributed by atoms with Crippen molar-refractivity contribution in [3.63, 3.8) is 0 Å². The quantitative estimate of drug-likeness (QED) is 0.856. The molecule has 108 valence electrons. The number of nitrogens with zero attached hydrogens (tertiary/aromatic N) is 1. The number of hydrogen-bond acceptors (Lipinski definition) is 4. The van der Waals surface area contributed by atoms with Crippen molar-refractivity contribution in [1.82, 2.24) is 4.98 Å². The Morgan fingerprint density at radius 2 is 1.90 bits per heavy atom. The van der Waals surface area contributed by atoms with Crippen LogP contribution in [0.2, 0.25) is 0 Å². The minimum absolute atomic E-state index is 0.169. The highest BCUT2D eigenvalue weighted by Gasteiger charge is 2.13. The number of amides is 1. The number of anilines is 1. The number of benzene rings is 1. The zero-order chi connectivity index (χ0) is 15.1. The maximum atomic E-state index is 12.0. The van der Waals surface area contributed by atoms with Crippen LogP contribution < -0.4 is 5.32 Å². The Labute approximate surface area is 123 Å². The molecule has 2 aromatic rings. The molecule has 1 N–H and O–H groups in total. The molecule has 1 aromatic heterocycles. The number of aromatic nitrogens is 1. The van der Waals surface area contributed by atoms with Gasteiger partial charge >= 0.3 is 5.97 Å². The van der Waals surface area contributed by atoms with Gasteiger partial charge in [-0.2, -0.15) is 0 Å². The van der Waals surface area contributed by atoms with Gasteiger partial charge in [-0.05, 0) is 30.7 Å². The predicted molar refractivity (Wildman–Crippen MR) is 79.0 cm³/mol. The summed E-state index contributed by atoms with van der Waals surface area (Å²) in [6, 6.07) is 12.3. The van der Waals surface area contributed by atoms with Crippen molar-refractivity contribution in [2.75, 3.05) is 12.4 Å². The first kappa shape index (κ1) is 14.7. The van der Waals surface area contributed by atoms with Crippen molar-refractivity contribution in [3.05, 3.63) is 59.9 Å². The highest BCUT2D eigenvalue weighted by molar-refractivity contribution is 6.01. The van der Waals surface area contributed by atoms with Gasteiger partial charge in [-0.3, -0.25) is 9.78 Å². The van der Waals surface area contributed by atoms with Gasteiger partial charge in [0, 0.05) is 18.3 Å². The number of carbonyl (C=O) groups is 2. The highest BCUT2D eigenvalue weighted by Crippen LogP contribution is 2.16. The van der Waals surface area contributed by atoms with Crippen LogP contribution in [0.4, 0.5) is 5.69 Å². The van der Waals surface area contributed by atoms with Crippen LogP contribution in [0.5, 0.6) is 0 Å². The van der Waals surface area contributed by atoms with E-state index in [1.54, 1.807) is 30.5 Å². The lowest BCUT2D eigenvalue weighted by Gasteiger charge is -2.09. The highest BCUT2D eigenvalue weighted by atomic mass is 16.5. The third kappa shape index (κ3) is 4.14. The summed E-state index contributed by atoms with van der Waals surface area (Å²) in [7, 11) is 1.31. The number of rotatable bonds is 5. The molecule has 5 nitrogen and oxygen atoms in total. The molecule has 0 spiro atoms. The first-order valence-corrected chi connectivity index (χ1v) is 6.58. The Hall–Kier alpha value is -2.69. The number of para-hydroxylation sites is 1. The molecule has 0 unspecified atom stereocenters. The summed E-state index contributed by atoms with van der Waals surface area (Å²) in [6.45, 7) is 0. The summed E-state index contributed by atoms with van der Waals surface area (Å²) in [4.78, 5) is 27.7. The second-order valence-corrected chi connectivity index (χ2v) is 4.41. The molecule has 0 radical (unpaired) electrons. The first-order valence-electron chi connectivity index (χ1n) is 6.58. The normalized spacial score (nSPS) is 9.95. The van der Waals surface area contributed by atoms with Crippen molar-refractivity contribution in [2.24, 2.45) is 0 Å². The molecule has 1 heterocycles. The van der Waals surface area contributed by atoms with Gasteiger partial charge in [0.1, 0.15) is 0 Å². The summed E-state index contributed by atoms with van der Waals surface area (Å²) < 4.78 is 4.69. The molecular formula is C16H16N2O3. The second kappa shape index (κ2) is 7.19. The minimum Gasteiger partial charge on any atom is -0.465 e. The molecule has 0 aliphatic carbocycles. The van der Waals surface area contributed by atoms with Crippen molar-refractivity contribution >= 4 is 17.6 Å². The van der Waals surface area contributed by atoms with Crippen LogP contribution in [0.25, 0.3) is 0 Å². The Morgan fingerprint density at radius 1 is 1.14 bits per heavy atom. The van der Waals surface area contributed by atoms with Crippen LogP contribution in [0.3, 0.4) is 0 Å². The van der Waals surface area contributed by atoms with E-state index < -0.39 is 5.97 Å². The standard InChI is InChI=1S/C16H16N2O3/c1-21-16(20)13-7-2-3-8-14(13)18-15(19)10-9-12-6-4-5-11-17-12/h2-8,11H,9-10H2,1H3,(H,18,19). The number of ether oxygens (including phenoxy) is 1. The van der Waals surface area contributed by atoms with Gasteiger partial charge in [0.2, 0.25) is 5.91 Å². The molecule has 0 saturated carbocycles. The van der Waals surface area contributed by atoms with Crippen molar-refractivity contribution in [3.8, 4) is 0 Å². The predicted octanol–water partition coefficient (Wildman–Crippen LogP) is 2.44. The molecule has 5 heteroatoms. The van der Waals surface area contributed by atoms with Gasteiger partial charge in [0.15, 0.2) is 0 Å². The molecule has 21 heavy (non-hydrogen) atoms. The number of pyridine rings is 1. The molecule has 0 saturated heterocycles. The van der Waals surface area contributed by atoms with Crippen LogP contribution in [0.15, 0.2) is 48.7 Å². The molecule has 1 amide bonds. The molecule has 0 fully saturated rings. The van der Waals surface area contributed by atoms with Crippen LogP contribution in [-0.2, 0) is 16.0 Å². The largest absolute Gasteiger partial charge is 0.465 e. The monoisotopic (exact) mass is 284 g/mol. The minimum atomic E-state index is -0.476. The molecule has 1 aromatic carbocycles. The van der Waals surface area contributed by atoms with E-state index in [0.29, 0.717) is 24.1 Å². The van der Waals surface area contributed by atoms with Crippen molar-refractivity contribution < 1.29 is 14.3 Å². The van der Waals surface area contributed by atoms with Gasteiger partial charge < -0.3 is 10.1 Å². The Kier molecular flexibility index (Phi) is 5.04. The zero-order valence-electron chi connectivity index (χ0n) is 11.7. The van der Waals surface area contributed by atoms with Crippen LogP contribution in [0.1, 0.15) is 22.5 Å². The maximum Gasteiger partial charge on any atom is 0.339 e. The van der Waals surface area contributed by atoms with Gasteiger partial charge in [-0.25, -0.2) is 4.79 Å². The summed E-state index contributed by atoms with van der Waals surface area (Å²) in [5.74, 6) is -0.646. The van der Waals surface area contributed by atoms with E-state index in [0.717, 1.165) is 5.69 Å². The smallest absolute Gasteiger partial charge is 0.339 e. The van der Waals surface area contributed by atoms with E-state index >= 15 is 0 Å². The number of carbonyl (C=O) groups excluding carboxylic acids is 2. The molecular weight excluding hydrogens is 268 g/mol. The fraction of sp³-hybridized carbons (Fsp3) is 0.188. The lowest BCUT2D eigenvalue weighted by Crippen LogP contribution is -2.15. The molecule has 0 bridgehead atoms. The fourth-order valence-electron chi connectivity index (χ4n) is 1.88. The third-order valence-corrected chi connectivity index (χ3v) is 2.94. The van der Waals surface area contributed by atoms with E-state index in [1.165, 1.54) is 7.11 Å². The summed E-state index contributed by atoms with van der Waals surface area (Å²) in [6.07, 6.45) is 2.54. The zero-order valence-corrected chi connectivity index (χ0v) is 11.7. The second-order valence-electron chi connectivity index (χ2n) is 4.41. The molecule has 2 rings (SSSR count). The summed E-state index contributed by atoms with van der Waals surface area (Å²) in [5, 5.41) is 2.73. The number of esters is 1. The molecule has 0 atom stereocenters. The molecule has 0 aliphatic heterocycles. The van der Waals surface area contributed by atoms with E-state index in [-0.39, 0.29) is 5.91 Å². The van der Waals surface area contributed by atoms with Crippen molar-refractivity contribution in [2.45, 2.75) is 12.8 Å². The third-order valence-electron chi connectivity index (χ3n) is 2.94. The van der Waals surface area contributed by atoms with Crippen molar-refractivity contribution in [1.29, 1.82) is 0 Å². The van der Waals surface area contributed by atoms with Crippen LogP contribution in [0, 0.1) is 0 Å². The maximum absolute atomic E-state index is 12.0. The van der Waals surface area contributed by atoms with Gasteiger partial charge in [0.05, 0.1) is 18.4 Å². The summed E-state index contributed by atoms with van der Waals surface area (Å²) in [5.41, 5.74) is 1.65. The number of methoxy groups -OCH3 is 1. The number of aryl methyl sites for hydroxylation is 1. The first-order chi connectivity index (χ1) is 10.2. The van der Waals surface area contributed by atoms with Gasteiger partial charge in [-0.15, -0.1) is 0 Å². The Morgan fingerprint density at radius 3 is 2.62 bits per heavy atom. The van der Waals surface area contributed by atoms with Gasteiger partial charge in [0.25, 0.3) is 0 Å². The van der Waals surface area contributed by atoms with E-state index in [4.69, 9.17) is 0 Å². The van der Waals surface area contributed by atoms with Crippen LogP contribution >= 0.6 is 0 Å². The number of nitrogens with one attached hydrogen (secondary N) is 1. The fourth-order valence-corrected chi connectivity index (χ4v) is 1.88. The average molecular weight is 284 g/mol. The number of hydrogen-bond donors (Lipinski definition) is 1. The Bertz CT molecular complexity index is 626. The lowest BCUT2D eigenvalue weighted by molar-refractivity contribution is -0.116. The lowest BCUT2D eigenvalue weighted by atomic mass is 10.1. The van der Waals surface area contributed by atoms with Gasteiger partial charge in [-0.1, -0.05) is 18.2 Å². The SMILES string of the molecule is COC(=O)c1ccccc1NC(=O)CCc1ccccn1. The summed E-state index contributed by atoms with van der Waals surface area (Å²) >= 11 is 0. The van der Waals surface area contributed by atoms with E-state index in [9.17, 15) is 9.59 Å². The molecule has 0 aliphatic rings.